The fraction of sp³-hybridized carbons (Fsp3) is 0. The predicted octanol–water partition coefficient (Wildman–Crippen LogP) is 3.30. The minimum atomic E-state index is -1.47. The molecule has 0 saturated carbocycles. The van der Waals surface area contributed by atoms with E-state index in [4.69, 9.17) is 0 Å². The largest absolute Gasteiger partial charge is 0.488 e. The molecule has 4 rings (SSSR count). The van der Waals surface area contributed by atoms with Crippen LogP contribution in [0.25, 0.3) is 0 Å². The molecule has 1 heterocycles. The molecule has 2 N–H and O–H groups in total. The van der Waals surface area contributed by atoms with E-state index in [9.17, 15) is 10.0 Å². The second kappa shape index (κ2) is 5.78. The van der Waals surface area contributed by atoms with Crippen molar-refractivity contribution >= 4 is 41.4 Å². The maximum atomic E-state index is 9.47. The highest BCUT2D eigenvalue weighted by Crippen LogP contribution is 2.50. The second-order valence-electron chi connectivity index (χ2n) is 5.34. The highest BCUT2D eigenvalue weighted by Gasteiger charge is 2.24. The molecule has 0 unspecified atom stereocenters. The minimum absolute atomic E-state index is 0.482. The van der Waals surface area contributed by atoms with Gasteiger partial charge in [0.1, 0.15) is 0 Å². The van der Waals surface area contributed by atoms with Crippen LogP contribution in [0.3, 0.4) is 0 Å². The van der Waals surface area contributed by atoms with E-state index in [1.807, 2.05) is 42.5 Å². The van der Waals surface area contributed by atoms with E-state index >= 15 is 0 Å². The molecule has 0 radical (unpaired) electrons. The van der Waals surface area contributed by atoms with Crippen LogP contribution in [0.15, 0.2) is 82.6 Å². The van der Waals surface area contributed by atoms with E-state index < -0.39 is 7.12 Å². The minimum Gasteiger partial charge on any atom is -0.423 e. The van der Waals surface area contributed by atoms with Crippen molar-refractivity contribution in [2.24, 2.45) is 0 Å². The zero-order chi connectivity index (χ0) is 15.8. The van der Waals surface area contributed by atoms with Crippen LogP contribution in [0.4, 0.5) is 17.1 Å². The van der Waals surface area contributed by atoms with Crippen LogP contribution in [-0.4, -0.2) is 17.2 Å². The first kappa shape index (κ1) is 14.4. The van der Waals surface area contributed by atoms with Gasteiger partial charge in [0.05, 0.1) is 11.4 Å². The summed E-state index contributed by atoms with van der Waals surface area (Å²) < 4.78 is 0. The van der Waals surface area contributed by atoms with Crippen molar-refractivity contribution in [2.45, 2.75) is 9.79 Å². The number of anilines is 3. The Hall–Kier alpha value is -2.21. The van der Waals surface area contributed by atoms with E-state index in [-0.39, 0.29) is 0 Å². The Bertz CT molecular complexity index is 823. The molecule has 0 amide bonds. The Labute approximate surface area is 139 Å². The first-order valence-corrected chi connectivity index (χ1v) is 8.18. The van der Waals surface area contributed by atoms with E-state index in [0.717, 1.165) is 17.1 Å². The average molecular weight is 319 g/mol. The monoisotopic (exact) mass is 319 g/mol. The third-order valence-electron chi connectivity index (χ3n) is 3.86. The van der Waals surface area contributed by atoms with Crippen LogP contribution < -0.4 is 10.4 Å². The molecule has 0 spiro atoms. The third-order valence-corrected chi connectivity index (χ3v) is 4.99. The van der Waals surface area contributed by atoms with Gasteiger partial charge in [0.2, 0.25) is 0 Å². The van der Waals surface area contributed by atoms with Crippen molar-refractivity contribution < 1.29 is 10.0 Å². The molecular weight excluding hydrogens is 305 g/mol. The fourth-order valence-electron chi connectivity index (χ4n) is 2.81. The quantitative estimate of drug-likeness (QED) is 0.557. The van der Waals surface area contributed by atoms with Gasteiger partial charge in [-0.1, -0.05) is 48.2 Å². The number of benzene rings is 3. The van der Waals surface area contributed by atoms with Crippen LogP contribution in [0.2, 0.25) is 0 Å². The summed E-state index contributed by atoms with van der Waals surface area (Å²) in [4.78, 5) is 4.52. The molecule has 3 nitrogen and oxygen atoms in total. The summed E-state index contributed by atoms with van der Waals surface area (Å²) in [5.41, 5.74) is 3.59. The van der Waals surface area contributed by atoms with E-state index in [1.54, 1.807) is 17.8 Å². The van der Waals surface area contributed by atoms with Crippen molar-refractivity contribution in [3.8, 4) is 0 Å². The lowest BCUT2D eigenvalue weighted by molar-refractivity contribution is 0.426. The smallest absolute Gasteiger partial charge is 0.423 e. The molecule has 1 aliphatic rings. The number of fused-ring (bicyclic) bond motifs is 2. The van der Waals surface area contributed by atoms with Gasteiger partial charge in [-0.25, -0.2) is 0 Å². The van der Waals surface area contributed by atoms with Gasteiger partial charge in [-0.2, -0.15) is 0 Å². The summed E-state index contributed by atoms with van der Waals surface area (Å²) in [6.07, 6.45) is 0. The molecule has 0 saturated heterocycles. The lowest BCUT2D eigenvalue weighted by atomic mass is 9.80. The third kappa shape index (κ3) is 2.53. The first-order valence-electron chi connectivity index (χ1n) is 7.36. The van der Waals surface area contributed by atoms with Gasteiger partial charge >= 0.3 is 7.12 Å². The summed E-state index contributed by atoms with van der Waals surface area (Å²) in [6, 6.07) is 23.8. The lowest BCUT2D eigenvalue weighted by Crippen LogP contribution is -2.30. The zero-order valence-corrected chi connectivity index (χ0v) is 13.1. The number of hydrogen-bond donors (Lipinski definition) is 2. The number of hydrogen-bond acceptors (Lipinski definition) is 4. The SMILES string of the molecule is OB(O)c1cccc(N2c3ccccc3Sc3ccccc32)c1. The molecule has 0 aromatic heterocycles. The van der Waals surface area contributed by atoms with Gasteiger partial charge in [-0.15, -0.1) is 0 Å². The second-order valence-corrected chi connectivity index (χ2v) is 6.43. The molecule has 3 aromatic carbocycles. The van der Waals surface area contributed by atoms with Gasteiger partial charge < -0.3 is 14.9 Å². The van der Waals surface area contributed by atoms with Gasteiger partial charge in [-0.05, 0) is 41.9 Å². The summed E-state index contributed by atoms with van der Waals surface area (Å²) in [6.45, 7) is 0. The van der Waals surface area contributed by atoms with E-state index in [1.165, 1.54) is 9.79 Å². The Morgan fingerprint density at radius 2 is 1.35 bits per heavy atom. The maximum absolute atomic E-state index is 9.47. The summed E-state index contributed by atoms with van der Waals surface area (Å²) in [5.74, 6) is 0. The zero-order valence-electron chi connectivity index (χ0n) is 12.3. The van der Waals surface area contributed by atoms with Crippen LogP contribution in [0.5, 0.6) is 0 Å². The standard InChI is InChI=1S/C18H14BNO2S/c21-19(22)13-6-5-7-14(12-13)20-15-8-1-3-10-17(15)23-18-11-4-2-9-16(18)20/h1-12,21-22H. The highest BCUT2D eigenvalue weighted by atomic mass is 32.2. The predicted molar refractivity (Wildman–Crippen MR) is 95.1 cm³/mol. The molecule has 0 atom stereocenters. The lowest BCUT2D eigenvalue weighted by Gasteiger charge is -2.33. The molecule has 23 heavy (non-hydrogen) atoms. The van der Waals surface area contributed by atoms with Crippen LogP contribution in [-0.2, 0) is 0 Å². The molecule has 5 heteroatoms. The van der Waals surface area contributed by atoms with Crippen molar-refractivity contribution in [1.29, 1.82) is 0 Å². The van der Waals surface area contributed by atoms with Crippen molar-refractivity contribution in [1.82, 2.24) is 0 Å². The first-order chi connectivity index (χ1) is 11.2. The number of para-hydroxylation sites is 2. The molecule has 1 aliphatic heterocycles. The molecular formula is C18H14BNO2S. The summed E-state index contributed by atoms with van der Waals surface area (Å²) >= 11 is 1.75. The topological polar surface area (TPSA) is 43.7 Å². The van der Waals surface area contributed by atoms with Gasteiger partial charge in [-0.3, -0.25) is 0 Å². The average Bonchev–Trinajstić information content (AvgIpc) is 2.59. The highest BCUT2D eigenvalue weighted by molar-refractivity contribution is 7.99. The molecule has 112 valence electrons. The normalized spacial score (nSPS) is 12.5. The Morgan fingerprint density at radius 3 is 1.96 bits per heavy atom. The van der Waals surface area contributed by atoms with Crippen LogP contribution in [0.1, 0.15) is 0 Å². The van der Waals surface area contributed by atoms with Gasteiger partial charge in [0, 0.05) is 15.5 Å². The van der Waals surface area contributed by atoms with E-state index in [2.05, 4.69) is 29.2 Å². The van der Waals surface area contributed by atoms with E-state index in [0.29, 0.717) is 5.46 Å². The Balaban J connectivity index is 1.93. The number of rotatable bonds is 2. The summed E-state index contributed by atoms with van der Waals surface area (Å²) in [5, 5.41) is 18.9. The van der Waals surface area contributed by atoms with Gasteiger partial charge in [0.15, 0.2) is 0 Å². The molecule has 0 bridgehead atoms. The van der Waals surface area contributed by atoms with Crippen molar-refractivity contribution in [3.05, 3.63) is 72.8 Å². The molecule has 0 fully saturated rings. The van der Waals surface area contributed by atoms with Crippen molar-refractivity contribution in [3.63, 3.8) is 0 Å². The number of nitrogens with zero attached hydrogens (tertiary/aromatic N) is 1. The Kier molecular flexibility index (Phi) is 3.61. The van der Waals surface area contributed by atoms with Gasteiger partial charge in [0.25, 0.3) is 0 Å². The maximum Gasteiger partial charge on any atom is 0.488 e. The summed E-state index contributed by atoms with van der Waals surface area (Å²) in [7, 11) is -1.47. The van der Waals surface area contributed by atoms with Crippen LogP contribution >= 0.6 is 11.8 Å². The van der Waals surface area contributed by atoms with Crippen molar-refractivity contribution in [2.75, 3.05) is 4.90 Å². The van der Waals surface area contributed by atoms with Crippen LogP contribution in [0, 0.1) is 0 Å². The molecule has 0 aliphatic carbocycles. The fourth-order valence-corrected chi connectivity index (χ4v) is 3.87. The Morgan fingerprint density at radius 1 is 0.739 bits per heavy atom. The molecule has 3 aromatic rings.